The summed E-state index contributed by atoms with van der Waals surface area (Å²) in [5, 5.41) is 0.388. The Labute approximate surface area is 94.9 Å². The third-order valence-corrected chi connectivity index (χ3v) is 2.14. The van der Waals surface area contributed by atoms with Gasteiger partial charge in [0.1, 0.15) is 11.5 Å². The molecule has 0 aromatic carbocycles. The van der Waals surface area contributed by atoms with Gasteiger partial charge in [0.05, 0.1) is 23.1 Å². The second-order valence-electron chi connectivity index (χ2n) is 2.70. The highest BCUT2D eigenvalue weighted by molar-refractivity contribution is 6.33. The number of halogens is 3. The lowest BCUT2D eigenvalue weighted by atomic mass is 10.2. The van der Waals surface area contributed by atoms with Crippen LogP contribution < -0.4 is 0 Å². The van der Waals surface area contributed by atoms with E-state index in [0.717, 1.165) is 6.20 Å². The molecule has 0 aliphatic heterocycles. The lowest BCUT2D eigenvalue weighted by Gasteiger charge is -2.01. The first-order valence-electron chi connectivity index (χ1n) is 3.97. The Bertz CT molecular complexity index is 487. The van der Waals surface area contributed by atoms with Crippen molar-refractivity contribution < 1.29 is 4.39 Å². The molecule has 0 radical (unpaired) electrons. The predicted octanol–water partition coefficient (Wildman–Crippen LogP) is 2.98. The van der Waals surface area contributed by atoms with Crippen LogP contribution in [-0.2, 0) is 0 Å². The summed E-state index contributed by atoms with van der Waals surface area (Å²) < 4.78 is 12.6. The van der Waals surface area contributed by atoms with E-state index in [4.69, 9.17) is 23.2 Å². The van der Waals surface area contributed by atoms with Crippen LogP contribution in [-0.4, -0.2) is 15.0 Å². The molecule has 0 unspecified atom stereocenters. The van der Waals surface area contributed by atoms with Gasteiger partial charge in [0, 0.05) is 0 Å². The Kier molecular flexibility index (Phi) is 2.79. The molecule has 0 aliphatic carbocycles. The molecule has 0 aliphatic rings. The van der Waals surface area contributed by atoms with Crippen LogP contribution in [0.4, 0.5) is 4.39 Å². The van der Waals surface area contributed by atoms with Crippen LogP contribution >= 0.6 is 23.2 Å². The fraction of sp³-hybridized carbons (Fsp3) is 0. The molecule has 2 heterocycles. The van der Waals surface area contributed by atoms with Crippen molar-refractivity contribution in [2.45, 2.75) is 0 Å². The molecule has 15 heavy (non-hydrogen) atoms. The molecule has 0 atom stereocenters. The monoisotopic (exact) mass is 243 g/mol. The highest BCUT2D eigenvalue weighted by Gasteiger charge is 2.08. The van der Waals surface area contributed by atoms with Crippen molar-refractivity contribution in [2.24, 2.45) is 0 Å². The third kappa shape index (κ3) is 2.22. The minimum absolute atomic E-state index is 0.0699. The molecule has 3 nitrogen and oxygen atoms in total. The van der Waals surface area contributed by atoms with E-state index < -0.39 is 5.82 Å². The van der Waals surface area contributed by atoms with Crippen LogP contribution in [0.15, 0.2) is 24.5 Å². The van der Waals surface area contributed by atoms with Crippen LogP contribution in [0.3, 0.4) is 0 Å². The number of hydrogen-bond acceptors (Lipinski definition) is 3. The van der Waals surface area contributed by atoms with E-state index in [0.29, 0.717) is 16.4 Å². The van der Waals surface area contributed by atoms with E-state index in [1.165, 1.54) is 18.3 Å². The van der Waals surface area contributed by atoms with Gasteiger partial charge in [-0.25, -0.2) is 14.4 Å². The van der Waals surface area contributed by atoms with Crippen molar-refractivity contribution in [3.63, 3.8) is 0 Å². The molecule has 2 rings (SSSR count). The van der Waals surface area contributed by atoms with Crippen LogP contribution in [0.2, 0.25) is 10.3 Å². The zero-order chi connectivity index (χ0) is 10.8. The minimum Gasteiger partial charge on any atom is -0.252 e. The molecule has 0 bridgehead atoms. The molecule has 0 amide bonds. The van der Waals surface area contributed by atoms with Crippen molar-refractivity contribution >= 4 is 23.2 Å². The summed E-state index contributed by atoms with van der Waals surface area (Å²) in [5.74, 6) is -0.421. The number of aromatic nitrogens is 3. The molecular weight excluding hydrogens is 240 g/mol. The van der Waals surface area contributed by atoms with E-state index in [2.05, 4.69) is 15.0 Å². The van der Waals surface area contributed by atoms with Gasteiger partial charge in [-0.15, -0.1) is 0 Å². The third-order valence-electron chi connectivity index (χ3n) is 1.68. The smallest absolute Gasteiger partial charge is 0.223 e. The van der Waals surface area contributed by atoms with Gasteiger partial charge < -0.3 is 0 Å². The zero-order valence-corrected chi connectivity index (χ0v) is 8.80. The first kappa shape index (κ1) is 10.3. The molecule has 0 saturated heterocycles. The Morgan fingerprint density at radius 1 is 1.07 bits per heavy atom. The topological polar surface area (TPSA) is 38.7 Å². The van der Waals surface area contributed by atoms with Crippen LogP contribution in [0.5, 0.6) is 0 Å². The van der Waals surface area contributed by atoms with Crippen molar-refractivity contribution in [1.29, 1.82) is 0 Å². The maximum absolute atomic E-state index is 12.6. The first-order valence-corrected chi connectivity index (χ1v) is 4.72. The van der Waals surface area contributed by atoms with Gasteiger partial charge in [-0.1, -0.05) is 11.6 Å². The van der Waals surface area contributed by atoms with Gasteiger partial charge in [-0.2, -0.15) is 0 Å². The van der Waals surface area contributed by atoms with Crippen LogP contribution in [0.1, 0.15) is 0 Å². The largest absolute Gasteiger partial charge is 0.252 e. The highest BCUT2D eigenvalue weighted by Crippen LogP contribution is 2.24. The summed E-state index contributed by atoms with van der Waals surface area (Å²) in [6.45, 7) is 0. The van der Waals surface area contributed by atoms with Gasteiger partial charge in [-0.3, -0.25) is 4.98 Å². The number of nitrogens with zero attached hydrogens (tertiary/aromatic N) is 3. The second-order valence-corrected chi connectivity index (χ2v) is 3.44. The van der Waals surface area contributed by atoms with Gasteiger partial charge in [-0.05, 0) is 23.7 Å². The molecule has 2 aromatic heterocycles. The highest BCUT2D eigenvalue weighted by atomic mass is 35.5. The van der Waals surface area contributed by atoms with Gasteiger partial charge in [0.2, 0.25) is 5.28 Å². The molecule has 0 spiro atoms. The quantitative estimate of drug-likeness (QED) is 0.723. The van der Waals surface area contributed by atoms with E-state index in [1.54, 1.807) is 0 Å². The van der Waals surface area contributed by atoms with E-state index in [1.807, 2.05) is 0 Å². The summed E-state index contributed by atoms with van der Waals surface area (Å²) in [6.07, 6.45) is 2.46. The lowest BCUT2D eigenvalue weighted by molar-refractivity contribution is 0.622. The van der Waals surface area contributed by atoms with Crippen molar-refractivity contribution in [1.82, 2.24) is 15.0 Å². The fourth-order valence-corrected chi connectivity index (χ4v) is 1.36. The van der Waals surface area contributed by atoms with Crippen molar-refractivity contribution in [3.8, 4) is 11.4 Å². The molecular formula is C9H4Cl2FN3. The molecule has 76 valence electrons. The van der Waals surface area contributed by atoms with E-state index in [9.17, 15) is 4.39 Å². The average Bonchev–Trinajstić information content (AvgIpc) is 2.23. The summed E-state index contributed by atoms with van der Waals surface area (Å²) in [4.78, 5) is 11.5. The first-order chi connectivity index (χ1) is 7.16. The number of hydrogen-bond donors (Lipinski definition) is 0. The zero-order valence-electron chi connectivity index (χ0n) is 7.28. The van der Waals surface area contributed by atoms with Gasteiger partial charge in [0.15, 0.2) is 0 Å². The lowest BCUT2D eigenvalue weighted by Crippen LogP contribution is -1.91. The molecule has 2 aromatic rings. The van der Waals surface area contributed by atoms with Gasteiger partial charge >= 0.3 is 0 Å². The summed E-state index contributed by atoms with van der Waals surface area (Å²) >= 11 is 11.5. The number of rotatable bonds is 1. The Morgan fingerprint density at radius 2 is 1.87 bits per heavy atom. The molecule has 6 heteroatoms. The molecule has 0 N–H and O–H groups in total. The summed E-state index contributed by atoms with van der Waals surface area (Å²) in [7, 11) is 0. The summed E-state index contributed by atoms with van der Waals surface area (Å²) in [6, 6.07) is 2.74. The Balaban J connectivity index is 2.53. The second kappa shape index (κ2) is 4.08. The van der Waals surface area contributed by atoms with Crippen LogP contribution in [0, 0.1) is 5.82 Å². The Hall–Kier alpha value is -1.26. The minimum atomic E-state index is -0.421. The Morgan fingerprint density at radius 3 is 2.53 bits per heavy atom. The molecule has 0 fully saturated rings. The summed E-state index contributed by atoms with van der Waals surface area (Å²) in [5.41, 5.74) is 0.836. The van der Waals surface area contributed by atoms with Crippen molar-refractivity contribution in [2.75, 3.05) is 0 Å². The maximum atomic E-state index is 12.6. The maximum Gasteiger partial charge on any atom is 0.223 e. The van der Waals surface area contributed by atoms with Crippen molar-refractivity contribution in [3.05, 3.63) is 40.6 Å². The molecule has 0 saturated carbocycles. The predicted molar refractivity (Wildman–Crippen MR) is 55.2 cm³/mol. The standard InChI is InChI=1S/C9H4Cl2FN3/c10-6-4-14-9(11)15-8(6)7-2-1-5(12)3-13-7/h1-4H. The SMILES string of the molecule is Fc1ccc(-c2nc(Cl)ncc2Cl)nc1. The number of pyridine rings is 1. The van der Waals surface area contributed by atoms with E-state index in [-0.39, 0.29) is 5.28 Å². The fourth-order valence-electron chi connectivity index (χ4n) is 1.04. The van der Waals surface area contributed by atoms with E-state index >= 15 is 0 Å². The average molecular weight is 244 g/mol. The normalized spacial score (nSPS) is 10.3. The van der Waals surface area contributed by atoms with Gasteiger partial charge in [0.25, 0.3) is 0 Å². The van der Waals surface area contributed by atoms with Crippen LogP contribution in [0.25, 0.3) is 11.4 Å².